The molecule has 1 fully saturated rings. The Morgan fingerprint density at radius 1 is 1.33 bits per heavy atom. The number of hydrogen-bond acceptors (Lipinski definition) is 2. The van der Waals surface area contributed by atoms with E-state index in [0.717, 1.165) is 37.0 Å². The number of allylic oxidation sites excluding steroid dienone is 1. The van der Waals surface area contributed by atoms with Crippen molar-refractivity contribution in [1.82, 2.24) is 10.6 Å². The second kappa shape index (κ2) is 7.39. The molecule has 0 radical (unpaired) electrons. The molecule has 0 heterocycles. The maximum atomic E-state index is 11.8. The molecule has 0 bridgehead atoms. The van der Waals surface area contributed by atoms with Crippen LogP contribution in [0.25, 0.3) is 10.8 Å². The summed E-state index contributed by atoms with van der Waals surface area (Å²) in [6.45, 7) is 4.48. The highest BCUT2D eigenvalue weighted by atomic mass is 16.5. The quantitative estimate of drug-likeness (QED) is 0.765. The summed E-state index contributed by atoms with van der Waals surface area (Å²) in [5.74, 6) is 0.884. The van der Waals surface area contributed by atoms with Crippen LogP contribution in [0.1, 0.15) is 24.0 Å². The minimum Gasteiger partial charge on any atom is -0.496 e. The zero-order chi connectivity index (χ0) is 16.9. The topological polar surface area (TPSA) is 50.4 Å². The van der Waals surface area contributed by atoms with Gasteiger partial charge in [0.05, 0.1) is 7.11 Å². The fourth-order valence-electron chi connectivity index (χ4n) is 3.04. The van der Waals surface area contributed by atoms with Crippen LogP contribution in [0.15, 0.2) is 43.0 Å². The third-order valence-electron chi connectivity index (χ3n) is 4.36. The number of carbonyl (C=O) groups excluding carboxylic acids is 1. The van der Waals surface area contributed by atoms with Gasteiger partial charge >= 0.3 is 6.03 Å². The van der Waals surface area contributed by atoms with Gasteiger partial charge in [0.1, 0.15) is 5.75 Å². The number of carbonyl (C=O) groups is 1. The van der Waals surface area contributed by atoms with Crippen molar-refractivity contribution < 1.29 is 9.53 Å². The summed E-state index contributed by atoms with van der Waals surface area (Å²) in [7, 11) is 1.69. The van der Waals surface area contributed by atoms with Gasteiger partial charge in [0.15, 0.2) is 0 Å². The van der Waals surface area contributed by atoms with E-state index in [1.165, 1.54) is 16.3 Å². The Labute approximate surface area is 142 Å². The summed E-state index contributed by atoms with van der Waals surface area (Å²) in [6.07, 6.45) is 5.64. The average molecular weight is 324 g/mol. The number of methoxy groups -OCH3 is 1. The van der Waals surface area contributed by atoms with E-state index >= 15 is 0 Å². The third kappa shape index (κ3) is 3.70. The standard InChI is InChI=1S/C20H24N2O2/c1-3-5-17-18(24-2)11-8-14-6-4-7-15(19(14)17)12-13-21-20(23)22-16-9-10-16/h3-4,6-8,11,16H,1,5,9-10,12-13H2,2H3,(H2,21,22,23). The van der Waals surface area contributed by atoms with Crippen LogP contribution in [-0.4, -0.2) is 25.7 Å². The molecule has 2 amide bonds. The van der Waals surface area contributed by atoms with Gasteiger partial charge in [0.2, 0.25) is 0 Å². The largest absolute Gasteiger partial charge is 0.496 e. The minimum atomic E-state index is -0.0679. The molecule has 0 aliphatic heterocycles. The van der Waals surface area contributed by atoms with E-state index in [9.17, 15) is 4.79 Å². The Morgan fingerprint density at radius 3 is 2.88 bits per heavy atom. The van der Waals surface area contributed by atoms with Gasteiger partial charge in [-0.05, 0) is 48.1 Å². The van der Waals surface area contributed by atoms with Gasteiger partial charge < -0.3 is 15.4 Å². The third-order valence-corrected chi connectivity index (χ3v) is 4.36. The van der Waals surface area contributed by atoms with Crippen molar-refractivity contribution in [2.45, 2.75) is 31.7 Å². The Hall–Kier alpha value is -2.49. The van der Waals surface area contributed by atoms with Crippen molar-refractivity contribution in [3.05, 3.63) is 54.1 Å². The monoisotopic (exact) mass is 324 g/mol. The van der Waals surface area contributed by atoms with Gasteiger partial charge in [-0.25, -0.2) is 4.79 Å². The van der Waals surface area contributed by atoms with Crippen molar-refractivity contribution in [2.24, 2.45) is 0 Å². The summed E-state index contributed by atoms with van der Waals surface area (Å²) in [4.78, 5) is 11.8. The lowest BCUT2D eigenvalue weighted by Crippen LogP contribution is -2.37. The second-order valence-corrected chi connectivity index (χ2v) is 6.18. The molecule has 2 aromatic rings. The summed E-state index contributed by atoms with van der Waals surface area (Å²) in [6, 6.07) is 10.7. The molecule has 24 heavy (non-hydrogen) atoms. The van der Waals surface area contributed by atoms with Crippen molar-refractivity contribution >= 4 is 16.8 Å². The van der Waals surface area contributed by atoms with Crippen LogP contribution < -0.4 is 15.4 Å². The molecule has 2 aromatic carbocycles. The molecule has 0 atom stereocenters. The van der Waals surface area contributed by atoms with Crippen molar-refractivity contribution in [2.75, 3.05) is 13.7 Å². The summed E-state index contributed by atoms with van der Waals surface area (Å²) < 4.78 is 5.53. The second-order valence-electron chi connectivity index (χ2n) is 6.18. The molecule has 0 saturated heterocycles. The Balaban J connectivity index is 1.80. The van der Waals surface area contributed by atoms with E-state index in [-0.39, 0.29) is 6.03 Å². The van der Waals surface area contributed by atoms with Crippen molar-refractivity contribution in [3.63, 3.8) is 0 Å². The maximum absolute atomic E-state index is 11.8. The highest BCUT2D eigenvalue weighted by Crippen LogP contribution is 2.31. The molecular formula is C20H24N2O2. The zero-order valence-electron chi connectivity index (χ0n) is 14.1. The molecule has 0 aromatic heterocycles. The smallest absolute Gasteiger partial charge is 0.315 e. The first-order valence-electron chi connectivity index (χ1n) is 8.45. The van der Waals surface area contributed by atoms with Crippen LogP contribution in [0, 0.1) is 0 Å². The Bertz CT molecular complexity index is 751. The van der Waals surface area contributed by atoms with E-state index in [2.05, 4.69) is 41.5 Å². The van der Waals surface area contributed by atoms with Gasteiger partial charge in [0, 0.05) is 18.2 Å². The molecular weight excluding hydrogens is 300 g/mol. The molecule has 1 saturated carbocycles. The summed E-state index contributed by atoms with van der Waals surface area (Å²) in [5.41, 5.74) is 2.37. The van der Waals surface area contributed by atoms with Gasteiger partial charge in [-0.3, -0.25) is 0 Å². The number of rotatable bonds is 7. The number of fused-ring (bicyclic) bond motifs is 1. The van der Waals surface area contributed by atoms with Crippen LogP contribution in [-0.2, 0) is 12.8 Å². The van der Waals surface area contributed by atoms with Crippen LogP contribution in [0.3, 0.4) is 0 Å². The minimum absolute atomic E-state index is 0.0679. The van der Waals surface area contributed by atoms with Crippen molar-refractivity contribution in [3.8, 4) is 5.75 Å². The number of benzene rings is 2. The molecule has 4 nitrogen and oxygen atoms in total. The van der Waals surface area contributed by atoms with E-state index in [0.29, 0.717) is 12.6 Å². The summed E-state index contributed by atoms with van der Waals surface area (Å²) in [5, 5.41) is 8.29. The number of nitrogens with one attached hydrogen (secondary N) is 2. The Kier molecular flexibility index (Phi) is 5.04. The van der Waals surface area contributed by atoms with Gasteiger partial charge in [0.25, 0.3) is 0 Å². The number of ether oxygens (including phenoxy) is 1. The molecule has 1 aliphatic rings. The van der Waals surface area contributed by atoms with Gasteiger partial charge in [-0.1, -0.05) is 30.3 Å². The summed E-state index contributed by atoms with van der Waals surface area (Å²) >= 11 is 0. The number of urea groups is 1. The average Bonchev–Trinajstić information content (AvgIpc) is 3.39. The number of hydrogen-bond donors (Lipinski definition) is 2. The molecule has 3 rings (SSSR count). The fourth-order valence-corrected chi connectivity index (χ4v) is 3.04. The maximum Gasteiger partial charge on any atom is 0.315 e. The van der Waals surface area contributed by atoms with Crippen LogP contribution >= 0.6 is 0 Å². The highest BCUT2D eigenvalue weighted by Gasteiger charge is 2.22. The molecule has 126 valence electrons. The van der Waals surface area contributed by atoms with E-state index in [1.807, 2.05) is 12.1 Å². The molecule has 2 N–H and O–H groups in total. The molecule has 4 heteroatoms. The first-order valence-corrected chi connectivity index (χ1v) is 8.45. The van der Waals surface area contributed by atoms with Gasteiger partial charge in [-0.15, -0.1) is 6.58 Å². The lowest BCUT2D eigenvalue weighted by molar-refractivity contribution is 0.240. The lowest BCUT2D eigenvalue weighted by Gasteiger charge is -2.15. The van der Waals surface area contributed by atoms with Gasteiger partial charge in [-0.2, -0.15) is 0 Å². The number of amides is 2. The first-order chi connectivity index (χ1) is 11.7. The molecule has 0 spiro atoms. The highest BCUT2D eigenvalue weighted by molar-refractivity contribution is 5.91. The zero-order valence-corrected chi connectivity index (χ0v) is 14.1. The van der Waals surface area contributed by atoms with Crippen LogP contribution in [0.2, 0.25) is 0 Å². The van der Waals surface area contributed by atoms with E-state index in [4.69, 9.17) is 4.74 Å². The fraction of sp³-hybridized carbons (Fsp3) is 0.350. The van der Waals surface area contributed by atoms with Crippen molar-refractivity contribution in [1.29, 1.82) is 0 Å². The molecule has 0 unspecified atom stereocenters. The SMILES string of the molecule is C=CCc1c(OC)ccc2cccc(CCNC(=O)NC3CC3)c12. The molecule has 1 aliphatic carbocycles. The van der Waals surface area contributed by atoms with E-state index < -0.39 is 0 Å². The van der Waals surface area contributed by atoms with Crippen LogP contribution in [0.4, 0.5) is 4.79 Å². The lowest BCUT2D eigenvalue weighted by atomic mass is 9.95. The normalized spacial score (nSPS) is 13.5. The first kappa shape index (κ1) is 16.4. The predicted molar refractivity (Wildman–Crippen MR) is 97.7 cm³/mol. The van der Waals surface area contributed by atoms with Crippen LogP contribution in [0.5, 0.6) is 5.75 Å². The van der Waals surface area contributed by atoms with E-state index in [1.54, 1.807) is 7.11 Å². The Morgan fingerprint density at radius 2 is 2.17 bits per heavy atom. The predicted octanol–water partition coefficient (Wildman–Crippen LogP) is 3.58.